The fourth-order valence-electron chi connectivity index (χ4n) is 3.37. The van der Waals surface area contributed by atoms with Crippen molar-refractivity contribution in [3.05, 3.63) is 40.8 Å². The number of amides is 1. The Labute approximate surface area is 168 Å². The summed E-state index contributed by atoms with van der Waals surface area (Å²) >= 11 is 0. The van der Waals surface area contributed by atoms with Crippen molar-refractivity contribution < 1.29 is 13.9 Å². The second-order valence-electron chi connectivity index (χ2n) is 7.07. The first-order chi connectivity index (χ1) is 13.9. The molecule has 1 atom stereocenters. The summed E-state index contributed by atoms with van der Waals surface area (Å²) in [6.07, 6.45) is 2.35. The Hall–Kier alpha value is -3.07. The van der Waals surface area contributed by atoms with E-state index >= 15 is 0 Å². The van der Waals surface area contributed by atoms with Crippen molar-refractivity contribution in [2.45, 2.75) is 25.8 Å². The molecule has 3 rings (SSSR count). The number of ether oxygens (including phenoxy) is 1. The Morgan fingerprint density at radius 3 is 2.90 bits per heavy atom. The number of carbonyl (C=O) groups excluding carboxylic acids is 1. The Kier molecular flexibility index (Phi) is 6.38. The van der Waals surface area contributed by atoms with Crippen LogP contribution < -0.4 is 11.1 Å². The first-order valence-corrected chi connectivity index (χ1v) is 9.44. The van der Waals surface area contributed by atoms with E-state index in [1.807, 2.05) is 0 Å². The van der Waals surface area contributed by atoms with Gasteiger partial charge in [0.15, 0.2) is 0 Å². The summed E-state index contributed by atoms with van der Waals surface area (Å²) in [7, 11) is 0. The lowest BCUT2D eigenvalue weighted by Crippen LogP contribution is -2.43. The molecule has 2 aliphatic rings. The minimum absolute atomic E-state index is 0.0417. The molecular formula is C20H25FN6O2. The number of nitrogens with one attached hydrogen (secondary N) is 3. The standard InChI is InChI=1S/C20H25FN6O2/c1-12(28)27-6-4-18(25-14-5-7-29-11-14)15(10-27)20(24)26-19-3-2-13(8-16(19)21)17(23)9-22/h2-3,8-9,14,22-23,25H,4-7,10-11H2,1H3,(H2,24,26). The van der Waals surface area contributed by atoms with Crippen molar-refractivity contribution in [2.24, 2.45) is 10.7 Å². The van der Waals surface area contributed by atoms with E-state index in [1.54, 1.807) is 4.90 Å². The Bertz CT molecular complexity index is 889. The molecule has 2 heterocycles. The number of nitrogens with zero attached hydrogens (tertiary/aromatic N) is 2. The van der Waals surface area contributed by atoms with Crippen molar-refractivity contribution >= 4 is 29.4 Å². The van der Waals surface area contributed by atoms with Gasteiger partial charge < -0.3 is 26.1 Å². The third-order valence-corrected chi connectivity index (χ3v) is 5.05. The van der Waals surface area contributed by atoms with Crippen molar-refractivity contribution in [1.82, 2.24) is 10.2 Å². The molecule has 0 aliphatic carbocycles. The van der Waals surface area contributed by atoms with E-state index in [2.05, 4.69) is 10.3 Å². The lowest BCUT2D eigenvalue weighted by molar-refractivity contribution is -0.128. The molecule has 0 aromatic heterocycles. The monoisotopic (exact) mass is 400 g/mol. The second-order valence-corrected chi connectivity index (χ2v) is 7.07. The highest BCUT2D eigenvalue weighted by Crippen LogP contribution is 2.23. The van der Waals surface area contributed by atoms with Crippen LogP contribution in [0.5, 0.6) is 0 Å². The van der Waals surface area contributed by atoms with E-state index < -0.39 is 5.82 Å². The van der Waals surface area contributed by atoms with Crippen LogP contribution >= 0.6 is 0 Å². The molecule has 29 heavy (non-hydrogen) atoms. The van der Waals surface area contributed by atoms with Gasteiger partial charge in [-0.15, -0.1) is 0 Å². The van der Waals surface area contributed by atoms with Gasteiger partial charge in [0, 0.05) is 49.5 Å². The van der Waals surface area contributed by atoms with Gasteiger partial charge in [-0.05, 0) is 18.6 Å². The normalized spacial score (nSPS) is 20.0. The zero-order chi connectivity index (χ0) is 21.0. The molecule has 9 heteroatoms. The maximum Gasteiger partial charge on any atom is 0.219 e. The average molecular weight is 400 g/mol. The third kappa shape index (κ3) is 4.86. The fraction of sp³-hybridized carbons (Fsp3) is 0.400. The maximum absolute atomic E-state index is 14.5. The Balaban J connectivity index is 1.91. The molecule has 1 unspecified atom stereocenters. The Morgan fingerprint density at radius 2 is 2.28 bits per heavy atom. The molecule has 1 fully saturated rings. The van der Waals surface area contributed by atoms with Gasteiger partial charge in [-0.3, -0.25) is 10.2 Å². The molecule has 2 aliphatic heterocycles. The summed E-state index contributed by atoms with van der Waals surface area (Å²) < 4.78 is 19.9. The zero-order valence-electron chi connectivity index (χ0n) is 16.3. The van der Waals surface area contributed by atoms with Gasteiger partial charge in [-0.25, -0.2) is 9.38 Å². The van der Waals surface area contributed by atoms with Gasteiger partial charge in [-0.1, -0.05) is 6.07 Å². The number of carbonyl (C=O) groups is 1. The van der Waals surface area contributed by atoms with E-state index in [9.17, 15) is 9.18 Å². The number of benzene rings is 1. The number of aliphatic imine (C=N–C) groups is 1. The summed E-state index contributed by atoms with van der Waals surface area (Å²) in [5, 5.41) is 18.2. The van der Waals surface area contributed by atoms with Crippen molar-refractivity contribution in [3.8, 4) is 0 Å². The smallest absolute Gasteiger partial charge is 0.219 e. The van der Waals surface area contributed by atoms with Crippen molar-refractivity contribution in [1.29, 1.82) is 10.8 Å². The fourth-order valence-corrected chi connectivity index (χ4v) is 3.37. The molecule has 1 saturated heterocycles. The maximum atomic E-state index is 14.5. The van der Waals surface area contributed by atoms with Gasteiger partial charge >= 0.3 is 0 Å². The summed E-state index contributed by atoms with van der Waals surface area (Å²) in [6, 6.07) is 4.29. The van der Waals surface area contributed by atoms with Crippen LogP contribution in [0.15, 0.2) is 34.5 Å². The molecule has 154 valence electrons. The Morgan fingerprint density at radius 1 is 1.48 bits per heavy atom. The van der Waals surface area contributed by atoms with Gasteiger partial charge in [-0.2, -0.15) is 0 Å². The molecule has 0 spiro atoms. The molecular weight excluding hydrogens is 375 g/mol. The number of amidine groups is 1. The lowest BCUT2D eigenvalue weighted by Gasteiger charge is -2.31. The van der Waals surface area contributed by atoms with Crippen LogP contribution in [0.1, 0.15) is 25.3 Å². The number of hydrogen-bond acceptors (Lipinski definition) is 6. The van der Waals surface area contributed by atoms with E-state index in [1.165, 1.54) is 19.1 Å². The quantitative estimate of drug-likeness (QED) is 0.428. The van der Waals surface area contributed by atoms with Crippen LogP contribution in [0.4, 0.5) is 10.1 Å². The van der Waals surface area contributed by atoms with E-state index in [0.29, 0.717) is 43.9 Å². The van der Waals surface area contributed by atoms with Crippen molar-refractivity contribution in [3.63, 3.8) is 0 Å². The molecule has 0 radical (unpaired) electrons. The van der Waals surface area contributed by atoms with Crippen LogP contribution in [0.25, 0.3) is 0 Å². The largest absolute Gasteiger partial charge is 0.383 e. The minimum Gasteiger partial charge on any atom is -0.383 e. The third-order valence-electron chi connectivity index (χ3n) is 5.05. The summed E-state index contributed by atoms with van der Waals surface area (Å²) in [4.78, 5) is 17.8. The number of halogens is 1. The molecule has 0 bridgehead atoms. The predicted molar refractivity (Wildman–Crippen MR) is 110 cm³/mol. The summed E-state index contributed by atoms with van der Waals surface area (Å²) in [6.45, 7) is 3.70. The second kappa shape index (κ2) is 8.95. The van der Waals surface area contributed by atoms with Crippen LogP contribution in [-0.4, -0.2) is 60.9 Å². The highest BCUT2D eigenvalue weighted by Gasteiger charge is 2.26. The molecule has 0 saturated carbocycles. The minimum atomic E-state index is -0.629. The number of hydrogen-bond donors (Lipinski definition) is 4. The van der Waals surface area contributed by atoms with Gasteiger partial charge in [0.2, 0.25) is 5.91 Å². The molecule has 1 aromatic rings. The molecule has 8 nitrogen and oxygen atoms in total. The number of nitrogens with two attached hydrogens (primary N) is 1. The first kappa shape index (κ1) is 20.7. The van der Waals surface area contributed by atoms with Crippen LogP contribution in [0, 0.1) is 16.6 Å². The van der Waals surface area contributed by atoms with Gasteiger partial charge in [0.25, 0.3) is 0 Å². The SMILES string of the molecule is CC(=O)N1CCC(NC2CCOC2)=C(C(N)=Nc2ccc(C(=N)C=N)cc2F)C1. The molecule has 5 N–H and O–H groups in total. The van der Waals surface area contributed by atoms with Crippen LogP contribution in [0.3, 0.4) is 0 Å². The van der Waals surface area contributed by atoms with E-state index in [0.717, 1.165) is 24.4 Å². The highest BCUT2D eigenvalue weighted by molar-refractivity contribution is 6.35. The summed E-state index contributed by atoms with van der Waals surface area (Å²) in [5.41, 5.74) is 8.06. The van der Waals surface area contributed by atoms with Gasteiger partial charge in [0.05, 0.1) is 24.9 Å². The average Bonchev–Trinajstić information content (AvgIpc) is 3.22. The first-order valence-electron chi connectivity index (χ1n) is 9.44. The van der Waals surface area contributed by atoms with E-state index in [4.69, 9.17) is 21.3 Å². The van der Waals surface area contributed by atoms with Gasteiger partial charge in [0.1, 0.15) is 17.3 Å². The zero-order valence-corrected chi connectivity index (χ0v) is 16.3. The van der Waals surface area contributed by atoms with Crippen LogP contribution in [0.2, 0.25) is 0 Å². The summed E-state index contributed by atoms with van der Waals surface area (Å²) in [5.74, 6) is -0.541. The molecule has 1 amide bonds. The van der Waals surface area contributed by atoms with Crippen LogP contribution in [-0.2, 0) is 9.53 Å². The predicted octanol–water partition coefficient (Wildman–Crippen LogP) is 1.72. The lowest BCUT2D eigenvalue weighted by atomic mass is 10.0. The number of rotatable bonds is 6. The molecule has 1 aromatic carbocycles. The van der Waals surface area contributed by atoms with E-state index in [-0.39, 0.29) is 29.2 Å². The highest BCUT2D eigenvalue weighted by atomic mass is 19.1. The van der Waals surface area contributed by atoms with Crippen molar-refractivity contribution in [2.75, 3.05) is 26.3 Å². The topological polar surface area (TPSA) is 128 Å².